The molecule has 104 valence electrons. The van der Waals surface area contributed by atoms with Gasteiger partial charge in [0.2, 0.25) is 5.91 Å². The van der Waals surface area contributed by atoms with Crippen LogP contribution in [0.1, 0.15) is 25.8 Å². The van der Waals surface area contributed by atoms with E-state index < -0.39 is 6.04 Å². The van der Waals surface area contributed by atoms with E-state index in [1.807, 2.05) is 18.2 Å². The normalized spacial score (nSPS) is 18.8. The van der Waals surface area contributed by atoms with Gasteiger partial charge in [0.1, 0.15) is 11.9 Å². The van der Waals surface area contributed by atoms with Crippen molar-refractivity contribution in [2.75, 3.05) is 6.54 Å². The summed E-state index contributed by atoms with van der Waals surface area (Å²) in [4.78, 5) is 11.8. The summed E-state index contributed by atoms with van der Waals surface area (Å²) in [5.41, 5.74) is 7.04. The molecule has 0 aliphatic carbocycles. The molecule has 0 bridgehead atoms. The SMILES string of the molecule is CC(C)C[C@H](N)C(=O)NCC1Cc2ccccc2O1. The van der Waals surface area contributed by atoms with Gasteiger partial charge in [0.25, 0.3) is 0 Å². The van der Waals surface area contributed by atoms with Crippen LogP contribution in [0.3, 0.4) is 0 Å². The van der Waals surface area contributed by atoms with Crippen LogP contribution in [0.2, 0.25) is 0 Å². The smallest absolute Gasteiger partial charge is 0.237 e. The molecule has 3 N–H and O–H groups in total. The van der Waals surface area contributed by atoms with Crippen molar-refractivity contribution >= 4 is 5.91 Å². The summed E-state index contributed by atoms with van der Waals surface area (Å²) < 4.78 is 5.76. The van der Waals surface area contributed by atoms with E-state index in [1.54, 1.807) is 0 Å². The lowest BCUT2D eigenvalue weighted by Crippen LogP contribution is -2.44. The van der Waals surface area contributed by atoms with Crippen molar-refractivity contribution in [2.45, 2.75) is 38.8 Å². The highest BCUT2D eigenvalue weighted by molar-refractivity contribution is 5.81. The molecule has 1 heterocycles. The Bertz CT molecular complexity index is 421. The Hall–Kier alpha value is -1.55. The molecule has 1 amide bonds. The number of benzene rings is 1. The molecule has 2 rings (SSSR count). The Labute approximate surface area is 114 Å². The van der Waals surface area contributed by atoms with Crippen LogP contribution in [-0.2, 0) is 11.2 Å². The van der Waals surface area contributed by atoms with E-state index in [0.29, 0.717) is 18.9 Å². The molecule has 1 aliphatic heterocycles. The van der Waals surface area contributed by atoms with Crippen molar-refractivity contribution in [2.24, 2.45) is 11.7 Å². The lowest BCUT2D eigenvalue weighted by atomic mass is 10.0. The molecule has 0 saturated carbocycles. The first-order chi connectivity index (χ1) is 9.06. The third kappa shape index (κ3) is 3.70. The topological polar surface area (TPSA) is 64.4 Å². The number of hydrogen-bond acceptors (Lipinski definition) is 3. The number of rotatable bonds is 5. The van der Waals surface area contributed by atoms with Crippen LogP contribution in [0.4, 0.5) is 0 Å². The predicted octanol–water partition coefficient (Wildman–Crippen LogP) is 1.48. The van der Waals surface area contributed by atoms with E-state index in [-0.39, 0.29) is 12.0 Å². The van der Waals surface area contributed by atoms with Gasteiger partial charge in [-0.05, 0) is 24.0 Å². The molecule has 0 aromatic heterocycles. The van der Waals surface area contributed by atoms with Crippen LogP contribution < -0.4 is 15.8 Å². The fourth-order valence-corrected chi connectivity index (χ4v) is 2.33. The van der Waals surface area contributed by atoms with Crippen molar-refractivity contribution in [3.8, 4) is 5.75 Å². The number of para-hydroxylation sites is 1. The lowest BCUT2D eigenvalue weighted by molar-refractivity contribution is -0.123. The van der Waals surface area contributed by atoms with Gasteiger partial charge in [-0.1, -0.05) is 32.0 Å². The van der Waals surface area contributed by atoms with Crippen LogP contribution in [-0.4, -0.2) is 24.6 Å². The summed E-state index contributed by atoms with van der Waals surface area (Å²) in [5, 5.41) is 2.88. The van der Waals surface area contributed by atoms with Crippen molar-refractivity contribution < 1.29 is 9.53 Å². The summed E-state index contributed by atoms with van der Waals surface area (Å²) in [7, 11) is 0. The Morgan fingerprint density at radius 1 is 1.47 bits per heavy atom. The minimum atomic E-state index is -0.427. The summed E-state index contributed by atoms with van der Waals surface area (Å²) in [6.45, 7) is 4.63. The van der Waals surface area contributed by atoms with Crippen molar-refractivity contribution in [3.63, 3.8) is 0 Å². The second-order valence-electron chi connectivity index (χ2n) is 5.53. The van der Waals surface area contributed by atoms with Crippen molar-refractivity contribution in [1.82, 2.24) is 5.32 Å². The van der Waals surface area contributed by atoms with Gasteiger partial charge in [-0.3, -0.25) is 4.79 Å². The molecule has 4 nitrogen and oxygen atoms in total. The average Bonchev–Trinajstić information content (AvgIpc) is 2.77. The van der Waals surface area contributed by atoms with E-state index in [4.69, 9.17) is 10.5 Å². The summed E-state index contributed by atoms with van der Waals surface area (Å²) in [5.74, 6) is 1.26. The largest absolute Gasteiger partial charge is 0.488 e. The number of carbonyl (C=O) groups is 1. The van der Waals surface area contributed by atoms with Crippen LogP contribution in [0, 0.1) is 5.92 Å². The molecule has 0 radical (unpaired) electrons. The fraction of sp³-hybridized carbons (Fsp3) is 0.533. The molecular formula is C15H22N2O2. The highest BCUT2D eigenvalue weighted by Gasteiger charge is 2.23. The van der Waals surface area contributed by atoms with E-state index in [0.717, 1.165) is 12.2 Å². The molecule has 4 heteroatoms. The highest BCUT2D eigenvalue weighted by atomic mass is 16.5. The third-order valence-electron chi connectivity index (χ3n) is 3.28. The second-order valence-corrected chi connectivity index (χ2v) is 5.53. The predicted molar refractivity (Wildman–Crippen MR) is 75.0 cm³/mol. The summed E-state index contributed by atoms with van der Waals surface area (Å²) in [6, 6.07) is 7.55. The van der Waals surface area contributed by atoms with Gasteiger partial charge < -0.3 is 15.8 Å². The Balaban J connectivity index is 1.77. The van der Waals surface area contributed by atoms with Crippen LogP contribution in [0.5, 0.6) is 5.75 Å². The van der Waals surface area contributed by atoms with E-state index >= 15 is 0 Å². The summed E-state index contributed by atoms with van der Waals surface area (Å²) in [6.07, 6.45) is 1.57. The zero-order chi connectivity index (χ0) is 13.8. The van der Waals surface area contributed by atoms with Gasteiger partial charge in [-0.15, -0.1) is 0 Å². The molecule has 19 heavy (non-hydrogen) atoms. The van der Waals surface area contributed by atoms with Gasteiger partial charge in [0.05, 0.1) is 12.6 Å². The number of fused-ring (bicyclic) bond motifs is 1. The van der Waals surface area contributed by atoms with Crippen molar-refractivity contribution in [1.29, 1.82) is 0 Å². The van der Waals surface area contributed by atoms with Gasteiger partial charge in [0, 0.05) is 6.42 Å². The average molecular weight is 262 g/mol. The van der Waals surface area contributed by atoms with Crippen LogP contribution >= 0.6 is 0 Å². The van der Waals surface area contributed by atoms with E-state index in [1.165, 1.54) is 5.56 Å². The van der Waals surface area contributed by atoms with Crippen molar-refractivity contribution in [3.05, 3.63) is 29.8 Å². The molecule has 1 unspecified atom stereocenters. The molecule has 1 aromatic carbocycles. The minimum Gasteiger partial charge on any atom is -0.488 e. The molecular weight excluding hydrogens is 240 g/mol. The maximum absolute atomic E-state index is 11.8. The van der Waals surface area contributed by atoms with E-state index in [2.05, 4.69) is 25.2 Å². The Kier molecular flexibility index (Phi) is 4.43. The molecule has 0 fully saturated rings. The van der Waals surface area contributed by atoms with Crippen LogP contribution in [0.25, 0.3) is 0 Å². The lowest BCUT2D eigenvalue weighted by Gasteiger charge is -2.16. The Morgan fingerprint density at radius 2 is 2.21 bits per heavy atom. The van der Waals surface area contributed by atoms with E-state index in [9.17, 15) is 4.79 Å². The number of hydrogen-bond donors (Lipinski definition) is 2. The van der Waals surface area contributed by atoms with Crippen LogP contribution in [0.15, 0.2) is 24.3 Å². The van der Waals surface area contributed by atoms with Gasteiger partial charge in [-0.2, -0.15) is 0 Å². The fourth-order valence-electron chi connectivity index (χ4n) is 2.33. The van der Waals surface area contributed by atoms with Gasteiger partial charge in [0.15, 0.2) is 0 Å². The first-order valence-corrected chi connectivity index (χ1v) is 6.84. The quantitative estimate of drug-likeness (QED) is 0.845. The third-order valence-corrected chi connectivity index (χ3v) is 3.28. The maximum Gasteiger partial charge on any atom is 0.237 e. The Morgan fingerprint density at radius 3 is 2.89 bits per heavy atom. The molecule has 2 atom stereocenters. The minimum absolute atomic E-state index is 0.0209. The first kappa shape index (κ1) is 13.9. The van der Waals surface area contributed by atoms with Gasteiger partial charge >= 0.3 is 0 Å². The monoisotopic (exact) mass is 262 g/mol. The number of nitrogens with two attached hydrogens (primary N) is 1. The van der Waals surface area contributed by atoms with Gasteiger partial charge in [-0.25, -0.2) is 0 Å². The second kappa shape index (κ2) is 6.06. The molecule has 1 aromatic rings. The zero-order valence-electron chi connectivity index (χ0n) is 11.6. The number of nitrogens with one attached hydrogen (secondary N) is 1. The highest BCUT2D eigenvalue weighted by Crippen LogP contribution is 2.27. The molecule has 0 saturated heterocycles. The number of carbonyl (C=O) groups excluding carboxylic acids is 1. The molecule has 0 spiro atoms. The zero-order valence-corrected chi connectivity index (χ0v) is 11.6. The first-order valence-electron chi connectivity index (χ1n) is 6.84. The maximum atomic E-state index is 11.8. The summed E-state index contributed by atoms with van der Waals surface area (Å²) >= 11 is 0. The number of amides is 1. The molecule has 1 aliphatic rings. The number of ether oxygens (including phenoxy) is 1. The standard InChI is InChI=1S/C15H22N2O2/c1-10(2)7-13(16)15(18)17-9-12-8-11-5-3-4-6-14(11)19-12/h3-6,10,12-13H,7-9,16H2,1-2H3,(H,17,18)/t12?,13-/m0/s1.